The van der Waals surface area contributed by atoms with Crippen LogP contribution in [0.2, 0.25) is 5.02 Å². The Bertz CT molecular complexity index is 1020. The zero-order valence-electron chi connectivity index (χ0n) is 13.2. The van der Waals surface area contributed by atoms with Gasteiger partial charge in [-0.05, 0) is 30.3 Å². The molecule has 0 aromatic carbocycles. The molecule has 0 fully saturated rings. The van der Waals surface area contributed by atoms with E-state index in [1.165, 1.54) is 0 Å². The Labute approximate surface area is 153 Å². The normalized spacial score (nSPS) is 11.0. The second kappa shape index (κ2) is 6.74. The average molecular weight is 369 g/mol. The Morgan fingerprint density at radius 3 is 2.68 bits per heavy atom. The maximum absolute atomic E-state index is 5.94. The lowest BCUT2D eigenvalue weighted by Crippen LogP contribution is -1.88. The molecule has 0 aliphatic carbocycles. The van der Waals surface area contributed by atoms with Gasteiger partial charge in [0.2, 0.25) is 5.88 Å². The number of aromatic nitrogens is 4. The number of rotatable bonds is 4. The molecular formula is C18H13ClN4OS. The van der Waals surface area contributed by atoms with E-state index in [-0.39, 0.29) is 0 Å². The number of H-pyrrole nitrogens is 1. The zero-order valence-corrected chi connectivity index (χ0v) is 14.8. The summed E-state index contributed by atoms with van der Waals surface area (Å²) < 4.78 is 5.14. The first-order valence-electron chi connectivity index (χ1n) is 7.51. The molecule has 0 spiro atoms. The average Bonchev–Trinajstić information content (AvgIpc) is 3.02. The highest BCUT2D eigenvalue weighted by Crippen LogP contribution is 2.40. The minimum absolute atomic E-state index is 0.576. The summed E-state index contributed by atoms with van der Waals surface area (Å²) >= 11 is 7.50. The van der Waals surface area contributed by atoms with E-state index in [1.54, 1.807) is 37.5 Å². The lowest BCUT2D eigenvalue weighted by Gasteiger charge is -2.05. The van der Waals surface area contributed by atoms with Gasteiger partial charge in [0.1, 0.15) is 10.7 Å². The quantitative estimate of drug-likeness (QED) is 0.558. The molecule has 4 aromatic heterocycles. The van der Waals surface area contributed by atoms with Crippen molar-refractivity contribution in [3.63, 3.8) is 0 Å². The minimum atomic E-state index is 0.576. The van der Waals surface area contributed by atoms with Crippen molar-refractivity contribution in [2.24, 2.45) is 0 Å². The molecule has 0 radical (unpaired) electrons. The third-order valence-electron chi connectivity index (χ3n) is 3.66. The van der Waals surface area contributed by atoms with Crippen LogP contribution in [0.15, 0.2) is 64.9 Å². The molecule has 0 aliphatic heterocycles. The van der Waals surface area contributed by atoms with E-state index in [1.807, 2.05) is 36.4 Å². The Balaban J connectivity index is 1.83. The summed E-state index contributed by atoms with van der Waals surface area (Å²) in [5.74, 6) is 0.576. The van der Waals surface area contributed by atoms with E-state index >= 15 is 0 Å². The SMILES string of the molecule is COc1ccc(-c2[nH]c3ncccc3c2Sc2ccc(Cl)cn2)cn1. The third kappa shape index (κ3) is 3.18. The molecule has 0 saturated heterocycles. The molecule has 124 valence electrons. The highest BCUT2D eigenvalue weighted by molar-refractivity contribution is 7.99. The molecule has 4 rings (SSSR count). The van der Waals surface area contributed by atoms with Crippen molar-refractivity contribution in [3.05, 3.63) is 60.0 Å². The van der Waals surface area contributed by atoms with Crippen molar-refractivity contribution in [1.82, 2.24) is 19.9 Å². The van der Waals surface area contributed by atoms with Crippen molar-refractivity contribution in [3.8, 4) is 17.1 Å². The van der Waals surface area contributed by atoms with Crippen molar-refractivity contribution in [2.75, 3.05) is 7.11 Å². The van der Waals surface area contributed by atoms with Crippen LogP contribution >= 0.6 is 23.4 Å². The summed E-state index contributed by atoms with van der Waals surface area (Å²) in [5.41, 5.74) is 2.73. The van der Waals surface area contributed by atoms with Crippen molar-refractivity contribution in [1.29, 1.82) is 0 Å². The molecule has 0 unspecified atom stereocenters. The number of nitrogens with zero attached hydrogens (tertiary/aromatic N) is 3. The predicted octanol–water partition coefficient (Wildman–Crippen LogP) is 4.83. The molecule has 0 aliphatic rings. The summed E-state index contributed by atoms with van der Waals surface area (Å²) in [4.78, 5) is 17.5. The Morgan fingerprint density at radius 2 is 1.96 bits per heavy atom. The van der Waals surface area contributed by atoms with Crippen LogP contribution in [-0.4, -0.2) is 27.0 Å². The van der Waals surface area contributed by atoms with Crippen molar-refractivity contribution >= 4 is 34.4 Å². The summed E-state index contributed by atoms with van der Waals surface area (Å²) in [7, 11) is 1.60. The largest absolute Gasteiger partial charge is 0.481 e. The maximum atomic E-state index is 5.94. The van der Waals surface area contributed by atoms with Gasteiger partial charge in [0, 0.05) is 40.5 Å². The number of halogens is 1. The van der Waals surface area contributed by atoms with Gasteiger partial charge >= 0.3 is 0 Å². The maximum Gasteiger partial charge on any atom is 0.212 e. The number of methoxy groups -OCH3 is 1. The summed E-state index contributed by atoms with van der Waals surface area (Å²) in [6.45, 7) is 0. The molecule has 0 amide bonds. The molecule has 25 heavy (non-hydrogen) atoms. The van der Waals surface area contributed by atoms with Crippen LogP contribution in [-0.2, 0) is 0 Å². The van der Waals surface area contributed by atoms with Gasteiger partial charge in [-0.15, -0.1) is 0 Å². The first kappa shape index (κ1) is 15.9. The number of pyridine rings is 3. The van der Waals surface area contributed by atoms with Gasteiger partial charge < -0.3 is 9.72 Å². The van der Waals surface area contributed by atoms with E-state index in [0.717, 1.165) is 32.2 Å². The van der Waals surface area contributed by atoms with Crippen LogP contribution in [0, 0.1) is 0 Å². The molecule has 7 heteroatoms. The number of ether oxygens (including phenoxy) is 1. The Kier molecular flexibility index (Phi) is 4.29. The first-order valence-corrected chi connectivity index (χ1v) is 8.70. The summed E-state index contributed by atoms with van der Waals surface area (Å²) in [5, 5.41) is 2.51. The molecule has 5 nitrogen and oxygen atoms in total. The summed E-state index contributed by atoms with van der Waals surface area (Å²) in [6.07, 6.45) is 5.19. The van der Waals surface area contributed by atoms with E-state index in [2.05, 4.69) is 19.9 Å². The van der Waals surface area contributed by atoms with E-state index < -0.39 is 0 Å². The zero-order chi connectivity index (χ0) is 17.2. The number of hydrogen-bond donors (Lipinski definition) is 1. The number of fused-ring (bicyclic) bond motifs is 1. The van der Waals surface area contributed by atoms with Gasteiger partial charge in [-0.3, -0.25) is 0 Å². The Morgan fingerprint density at radius 1 is 1.04 bits per heavy atom. The molecule has 0 atom stereocenters. The standard InChI is InChI=1S/C18H13ClN4OS/c1-24-14-6-4-11(9-21-14)16-17(13-3-2-8-20-18(13)23-16)25-15-7-5-12(19)10-22-15/h2-10H,1H3,(H,20,23). The van der Waals surface area contributed by atoms with Crippen molar-refractivity contribution in [2.45, 2.75) is 9.92 Å². The second-order valence-electron chi connectivity index (χ2n) is 5.23. The molecule has 4 aromatic rings. The lowest BCUT2D eigenvalue weighted by molar-refractivity contribution is 0.398. The predicted molar refractivity (Wildman–Crippen MR) is 99.2 cm³/mol. The lowest BCUT2D eigenvalue weighted by atomic mass is 10.2. The smallest absolute Gasteiger partial charge is 0.212 e. The van der Waals surface area contributed by atoms with Gasteiger partial charge in [-0.1, -0.05) is 23.4 Å². The number of hydrogen-bond acceptors (Lipinski definition) is 5. The van der Waals surface area contributed by atoms with Crippen LogP contribution in [0.5, 0.6) is 5.88 Å². The highest BCUT2D eigenvalue weighted by atomic mass is 35.5. The van der Waals surface area contributed by atoms with Gasteiger partial charge in [-0.2, -0.15) is 0 Å². The number of aromatic amines is 1. The fraction of sp³-hybridized carbons (Fsp3) is 0.0556. The van der Waals surface area contributed by atoms with Crippen molar-refractivity contribution < 1.29 is 4.74 Å². The monoisotopic (exact) mass is 368 g/mol. The molecule has 1 N–H and O–H groups in total. The van der Waals surface area contributed by atoms with Crippen LogP contribution < -0.4 is 4.74 Å². The van der Waals surface area contributed by atoms with Gasteiger partial charge in [0.05, 0.1) is 17.8 Å². The van der Waals surface area contributed by atoms with Crippen LogP contribution in [0.1, 0.15) is 0 Å². The van der Waals surface area contributed by atoms with E-state index in [9.17, 15) is 0 Å². The highest BCUT2D eigenvalue weighted by Gasteiger charge is 2.16. The topological polar surface area (TPSA) is 63.7 Å². The fourth-order valence-electron chi connectivity index (χ4n) is 2.48. The first-order chi connectivity index (χ1) is 12.2. The van der Waals surface area contributed by atoms with Gasteiger partial charge in [0.15, 0.2) is 0 Å². The Hall–Kier alpha value is -2.57. The second-order valence-corrected chi connectivity index (χ2v) is 6.70. The van der Waals surface area contributed by atoms with Gasteiger partial charge in [-0.25, -0.2) is 15.0 Å². The molecule has 0 saturated carbocycles. The molecular weight excluding hydrogens is 356 g/mol. The third-order valence-corrected chi connectivity index (χ3v) is 4.97. The van der Waals surface area contributed by atoms with E-state index in [0.29, 0.717) is 10.9 Å². The molecule has 0 bridgehead atoms. The summed E-state index contributed by atoms with van der Waals surface area (Å²) in [6, 6.07) is 11.5. The van der Waals surface area contributed by atoms with Crippen LogP contribution in [0.3, 0.4) is 0 Å². The van der Waals surface area contributed by atoms with Crippen LogP contribution in [0.25, 0.3) is 22.3 Å². The van der Waals surface area contributed by atoms with Crippen LogP contribution in [0.4, 0.5) is 0 Å². The van der Waals surface area contributed by atoms with E-state index in [4.69, 9.17) is 16.3 Å². The number of nitrogens with one attached hydrogen (secondary N) is 1. The minimum Gasteiger partial charge on any atom is -0.481 e. The molecule has 4 heterocycles. The van der Waals surface area contributed by atoms with Gasteiger partial charge in [0.25, 0.3) is 0 Å². The fourth-order valence-corrected chi connectivity index (χ4v) is 3.59.